The molecule has 8 heterocycles. The molecule has 0 aromatic carbocycles. The van der Waals surface area contributed by atoms with Crippen LogP contribution in [-0.4, -0.2) is 64.8 Å². The molecule has 1 atom stereocenters. The zero-order valence-electron chi connectivity index (χ0n) is 42.3. The fraction of sp³-hybridized carbons (Fsp3) is 0.281. The minimum absolute atomic E-state index is 0.0218. The van der Waals surface area contributed by atoms with Gasteiger partial charge in [-0.1, -0.05) is 6.92 Å². The normalized spacial score (nSPS) is 16.9. The van der Waals surface area contributed by atoms with Gasteiger partial charge in [0.2, 0.25) is 0 Å². The highest BCUT2D eigenvalue weighted by Crippen LogP contribution is 2.47. The molecule has 0 radical (unpaired) electrons. The van der Waals surface area contributed by atoms with Crippen LogP contribution in [0.1, 0.15) is 66.7 Å². The van der Waals surface area contributed by atoms with Gasteiger partial charge in [-0.05, 0) is 86.3 Å². The van der Waals surface area contributed by atoms with Crippen LogP contribution in [0.15, 0.2) is 169 Å². The summed E-state index contributed by atoms with van der Waals surface area (Å²) in [6.07, 6.45) is 20.4. The monoisotopic (exact) mass is 997 g/mol. The number of aliphatic hydroxyl groups excluding tert-OH is 1. The zero-order valence-corrected chi connectivity index (χ0v) is 42.3. The van der Waals surface area contributed by atoms with Crippen LogP contribution in [0.3, 0.4) is 0 Å². The van der Waals surface area contributed by atoms with E-state index in [1.165, 1.54) is 6.08 Å². The first-order valence-corrected chi connectivity index (χ1v) is 24.7. The molecular formula is C57H61N10O7+3. The Morgan fingerprint density at radius 2 is 1.23 bits per heavy atom. The average Bonchev–Trinajstić information content (AvgIpc) is 4.16. The first-order valence-electron chi connectivity index (χ1n) is 24.7. The van der Waals surface area contributed by atoms with Crippen molar-refractivity contribution in [2.75, 3.05) is 19.6 Å². The Labute approximate surface area is 428 Å². The van der Waals surface area contributed by atoms with Crippen molar-refractivity contribution >= 4 is 47.2 Å². The summed E-state index contributed by atoms with van der Waals surface area (Å²) in [6, 6.07) is 11.2. The van der Waals surface area contributed by atoms with E-state index in [-0.39, 0.29) is 25.6 Å². The number of allylic oxidation sites excluding steroid dienone is 7. The maximum absolute atomic E-state index is 14.6. The molecule has 17 nitrogen and oxygen atoms in total. The summed E-state index contributed by atoms with van der Waals surface area (Å²) >= 11 is 0. The topological polar surface area (TPSA) is 242 Å². The number of aliphatic hydroxyl groups is 1. The van der Waals surface area contributed by atoms with Gasteiger partial charge < -0.3 is 41.5 Å². The lowest BCUT2D eigenvalue weighted by molar-refractivity contribution is -0.694. The number of pyridine rings is 3. The molecule has 5 aliphatic rings. The van der Waals surface area contributed by atoms with E-state index < -0.39 is 23.8 Å². The third-order valence-electron chi connectivity index (χ3n) is 13.7. The van der Waals surface area contributed by atoms with Gasteiger partial charge in [-0.15, -0.1) is 0 Å². The molecule has 0 saturated carbocycles. The van der Waals surface area contributed by atoms with Crippen molar-refractivity contribution in [1.29, 1.82) is 0 Å². The van der Waals surface area contributed by atoms with Gasteiger partial charge in [0.25, 0.3) is 0 Å². The fourth-order valence-corrected chi connectivity index (χ4v) is 9.59. The average molecular weight is 998 g/mol. The summed E-state index contributed by atoms with van der Waals surface area (Å²) in [4.78, 5) is 61.5. The van der Waals surface area contributed by atoms with Crippen LogP contribution in [0.4, 0.5) is 0 Å². The number of carbonyl (C=O) groups excluding carboxylic acids is 3. The van der Waals surface area contributed by atoms with Crippen LogP contribution in [0.2, 0.25) is 0 Å². The predicted octanol–water partition coefficient (Wildman–Crippen LogP) is 3.30. The van der Waals surface area contributed by atoms with E-state index in [4.69, 9.17) is 46.4 Å². The Balaban J connectivity index is 1.18. The van der Waals surface area contributed by atoms with Gasteiger partial charge in [-0.3, -0.25) is 4.79 Å². The Hall–Kier alpha value is -8.25. The highest BCUT2D eigenvalue weighted by atomic mass is 16.5. The second-order valence-corrected chi connectivity index (χ2v) is 18.5. The number of hydrogen-bond acceptors (Lipinski definition) is 13. The first-order chi connectivity index (χ1) is 35.8. The molecule has 0 amide bonds. The lowest BCUT2D eigenvalue weighted by Crippen LogP contribution is -2.36. The number of aromatic nitrogens is 4. The van der Waals surface area contributed by atoms with Gasteiger partial charge in [-0.2, -0.15) is 0 Å². The number of carbonyl (C=O) groups is 3. The maximum Gasteiger partial charge on any atom is 0.340 e. The molecule has 0 fully saturated rings. The second kappa shape index (κ2) is 21.8. The molecule has 8 bridgehead atoms. The number of nitrogens with one attached hydrogen (secondary N) is 1. The molecule has 17 heteroatoms. The van der Waals surface area contributed by atoms with Crippen molar-refractivity contribution in [3.8, 4) is 0 Å². The van der Waals surface area contributed by atoms with E-state index in [0.717, 1.165) is 27.8 Å². The van der Waals surface area contributed by atoms with E-state index in [2.05, 4.69) is 11.9 Å². The Morgan fingerprint density at radius 1 is 0.689 bits per heavy atom. The highest BCUT2D eigenvalue weighted by molar-refractivity contribution is 6.28. The Kier molecular flexibility index (Phi) is 15.0. The highest BCUT2D eigenvalue weighted by Gasteiger charge is 2.47. The summed E-state index contributed by atoms with van der Waals surface area (Å²) < 4.78 is 23.5. The van der Waals surface area contributed by atoms with Crippen molar-refractivity contribution < 1.29 is 47.4 Å². The second-order valence-electron chi connectivity index (χ2n) is 18.5. The summed E-state index contributed by atoms with van der Waals surface area (Å²) in [7, 11) is 0. The van der Waals surface area contributed by atoms with Crippen LogP contribution in [0.5, 0.6) is 0 Å². The molecule has 1 aliphatic carbocycles. The number of ether oxygens (including phenoxy) is 3. The fourth-order valence-electron chi connectivity index (χ4n) is 9.59. The molecule has 0 saturated heterocycles. The summed E-state index contributed by atoms with van der Waals surface area (Å²) in [5.41, 5.74) is 27.7. The quantitative estimate of drug-likeness (QED) is 0.0448. The standard InChI is InChI=1S/C57H59N10O7/c1-6-40-33(2)42-29-47-49(56(70)73-31-38-11-20-66(21-12-38)25-16-59)35(4)44(62-47)27-43-34(3)41(7-8-48(68)72-30-37-9-18-65(19-10-37)24-15-58)53(63-43)51-52(57(71)74-32-39-13-22-67(23-14-39)26-17-60)55(69)50-36(5)45(64-54(50)51)28-46(40)61-42/h7-14,18-23,27-29,52H,6,15-17,24-26,30-32,58-60H2,1-5H3/q+1/p+2. The van der Waals surface area contributed by atoms with Gasteiger partial charge in [-0.25, -0.2) is 38.3 Å². The molecule has 8 N–H and O–H groups in total. The van der Waals surface area contributed by atoms with Crippen LogP contribution < -0.4 is 41.6 Å². The molecular weight excluding hydrogens is 937 g/mol. The summed E-state index contributed by atoms with van der Waals surface area (Å²) in [5, 5.41) is 13.4. The number of H-pyrrole nitrogens is 1. The summed E-state index contributed by atoms with van der Waals surface area (Å²) in [6.45, 7) is 13.0. The molecule has 9 rings (SSSR count). The SMILES string of the molecule is CCC1=C(C)C2=NC1=CC1=C(C)C3=C(O)C(C(=O)OCc4cc[n+](CCN)cc4)C(=C4N=C(C=c5[nH]c(c(C(=O)OCc6cc[n+](CCN)cc6)c5C)=C2)C(C)=C4/C=C/C(=O)OCc2cc[n+](CCN)cc2)C3=N1. The number of aliphatic imine (C=N–C) groups is 3. The maximum atomic E-state index is 14.6. The van der Waals surface area contributed by atoms with Gasteiger partial charge >= 0.3 is 17.9 Å². The van der Waals surface area contributed by atoms with Crippen molar-refractivity contribution in [1.82, 2.24) is 4.98 Å². The van der Waals surface area contributed by atoms with E-state index in [0.29, 0.717) is 130 Å². The number of fused-ring (bicyclic) bond motifs is 5. The van der Waals surface area contributed by atoms with Crippen molar-refractivity contribution in [3.63, 3.8) is 0 Å². The molecule has 4 aromatic rings. The van der Waals surface area contributed by atoms with E-state index in [1.807, 2.05) is 133 Å². The minimum Gasteiger partial charge on any atom is -0.510 e. The van der Waals surface area contributed by atoms with Gasteiger partial charge in [0.15, 0.2) is 56.8 Å². The molecule has 0 spiro atoms. The van der Waals surface area contributed by atoms with Crippen LogP contribution in [0.25, 0.3) is 12.2 Å². The van der Waals surface area contributed by atoms with Gasteiger partial charge in [0.1, 0.15) is 31.5 Å². The van der Waals surface area contributed by atoms with Crippen molar-refractivity contribution in [2.24, 2.45) is 38.1 Å². The third kappa shape index (κ3) is 10.2. The molecule has 4 aliphatic heterocycles. The third-order valence-corrected chi connectivity index (χ3v) is 13.7. The van der Waals surface area contributed by atoms with Crippen molar-refractivity contribution in [3.05, 3.63) is 192 Å². The Bertz CT molecular complexity index is 3440. The predicted molar refractivity (Wildman–Crippen MR) is 278 cm³/mol. The number of rotatable bonds is 17. The lowest BCUT2D eigenvalue weighted by Gasteiger charge is -2.16. The van der Waals surface area contributed by atoms with Crippen LogP contribution in [0, 0.1) is 12.8 Å². The van der Waals surface area contributed by atoms with Crippen LogP contribution >= 0.6 is 0 Å². The number of aromatic amines is 1. The number of nitrogens with zero attached hydrogens (tertiary/aromatic N) is 6. The van der Waals surface area contributed by atoms with E-state index >= 15 is 0 Å². The van der Waals surface area contributed by atoms with Gasteiger partial charge in [0.05, 0.1) is 64.8 Å². The van der Waals surface area contributed by atoms with Crippen LogP contribution in [-0.2, 0) is 63.3 Å². The Morgan fingerprint density at radius 3 is 1.80 bits per heavy atom. The zero-order chi connectivity index (χ0) is 52.2. The van der Waals surface area contributed by atoms with E-state index in [1.54, 1.807) is 6.08 Å². The lowest BCUT2D eigenvalue weighted by atomic mass is 9.93. The smallest absolute Gasteiger partial charge is 0.340 e. The number of hydrogen-bond donors (Lipinski definition) is 5. The first kappa shape index (κ1) is 50.7. The molecule has 4 aromatic heterocycles. The largest absolute Gasteiger partial charge is 0.510 e. The van der Waals surface area contributed by atoms with Gasteiger partial charge in [0, 0.05) is 81.2 Å². The molecule has 74 heavy (non-hydrogen) atoms. The van der Waals surface area contributed by atoms with E-state index in [9.17, 15) is 19.5 Å². The molecule has 378 valence electrons. The summed E-state index contributed by atoms with van der Waals surface area (Å²) in [5.74, 6) is -3.44. The number of nitrogens with two attached hydrogens (primary N) is 3. The minimum atomic E-state index is -1.34. The van der Waals surface area contributed by atoms with Crippen molar-refractivity contribution in [2.45, 2.75) is 80.5 Å². The molecule has 1 unspecified atom stereocenters. The number of esters is 3.